The van der Waals surface area contributed by atoms with Gasteiger partial charge in [0.05, 0.1) is 0 Å². The van der Waals surface area contributed by atoms with Crippen molar-refractivity contribution in [1.82, 2.24) is 5.32 Å². The fourth-order valence-corrected chi connectivity index (χ4v) is 2.36. The largest absolute Gasteiger partial charge is 0.348 e. The van der Waals surface area contributed by atoms with Gasteiger partial charge in [-0.15, -0.1) is 0 Å². The average molecular weight is 375 g/mol. The van der Waals surface area contributed by atoms with Crippen molar-refractivity contribution in [2.45, 2.75) is 20.4 Å². The topological polar surface area (TPSA) is 58.2 Å². The molecule has 2 aromatic carbocycles. The van der Waals surface area contributed by atoms with Gasteiger partial charge in [-0.2, -0.15) is 0 Å². The van der Waals surface area contributed by atoms with E-state index in [9.17, 15) is 9.59 Å². The lowest BCUT2D eigenvalue weighted by molar-refractivity contribution is -0.118. The van der Waals surface area contributed by atoms with Crippen molar-refractivity contribution in [2.24, 2.45) is 5.92 Å². The highest BCUT2D eigenvalue weighted by Gasteiger charge is 2.08. The Hall–Kier alpha value is -2.14. The Morgan fingerprint density at radius 1 is 1.09 bits per heavy atom. The van der Waals surface area contributed by atoms with Crippen molar-refractivity contribution in [1.29, 1.82) is 0 Å². The minimum absolute atomic E-state index is 0.0275. The molecule has 0 aliphatic heterocycles. The van der Waals surface area contributed by atoms with E-state index in [0.29, 0.717) is 12.1 Å². The fraction of sp³-hybridized carbons (Fsp3) is 0.222. The van der Waals surface area contributed by atoms with E-state index in [1.54, 1.807) is 12.1 Å². The van der Waals surface area contributed by atoms with Gasteiger partial charge in [-0.3, -0.25) is 9.59 Å². The predicted molar refractivity (Wildman–Crippen MR) is 95.2 cm³/mol. The van der Waals surface area contributed by atoms with E-state index >= 15 is 0 Å². The number of carbonyl (C=O) groups excluding carboxylic acids is 2. The number of amides is 2. The number of benzene rings is 2. The first-order valence-corrected chi connectivity index (χ1v) is 8.18. The molecule has 2 rings (SSSR count). The molecule has 0 fully saturated rings. The summed E-state index contributed by atoms with van der Waals surface area (Å²) in [6.45, 7) is 4.09. The molecule has 120 valence electrons. The van der Waals surface area contributed by atoms with Gasteiger partial charge in [-0.1, -0.05) is 48.0 Å². The molecule has 2 amide bonds. The van der Waals surface area contributed by atoms with E-state index in [4.69, 9.17) is 0 Å². The van der Waals surface area contributed by atoms with E-state index in [1.165, 1.54) is 0 Å². The molecule has 2 N–H and O–H groups in total. The molecule has 0 bridgehead atoms. The third kappa shape index (κ3) is 5.21. The maximum absolute atomic E-state index is 12.1. The van der Waals surface area contributed by atoms with Gasteiger partial charge < -0.3 is 10.6 Å². The first-order valence-electron chi connectivity index (χ1n) is 7.39. The van der Waals surface area contributed by atoms with Crippen LogP contribution in [0.1, 0.15) is 29.8 Å². The summed E-state index contributed by atoms with van der Waals surface area (Å²) < 4.78 is 0.864. The molecule has 0 aromatic heterocycles. The molecule has 0 saturated heterocycles. The highest BCUT2D eigenvalue weighted by atomic mass is 79.9. The Morgan fingerprint density at radius 3 is 2.52 bits per heavy atom. The maximum atomic E-state index is 12.1. The van der Waals surface area contributed by atoms with Crippen molar-refractivity contribution in [2.75, 3.05) is 5.32 Å². The molecule has 0 saturated carbocycles. The highest BCUT2D eigenvalue weighted by Crippen LogP contribution is 2.13. The van der Waals surface area contributed by atoms with Crippen molar-refractivity contribution < 1.29 is 9.59 Å². The van der Waals surface area contributed by atoms with Crippen LogP contribution in [0, 0.1) is 5.92 Å². The van der Waals surface area contributed by atoms with Gasteiger partial charge in [0.2, 0.25) is 5.91 Å². The predicted octanol–water partition coefficient (Wildman–Crippen LogP) is 3.97. The normalized spacial score (nSPS) is 10.4. The van der Waals surface area contributed by atoms with Crippen LogP contribution in [0.4, 0.5) is 5.69 Å². The summed E-state index contributed by atoms with van der Waals surface area (Å²) in [6, 6.07) is 14.7. The minimum atomic E-state index is -0.136. The number of carbonyl (C=O) groups is 2. The van der Waals surface area contributed by atoms with Crippen LogP contribution in [0.2, 0.25) is 0 Å². The van der Waals surface area contributed by atoms with Crippen LogP contribution in [0.25, 0.3) is 0 Å². The minimum Gasteiger partial charge on any atom is -0.348 e. The summed E-state index contributed by atoms with van der Waals surface area (Å²) in [5.74, 6) is -0.238. The molecule has 0 atom stereocenters. The molecule has 23 heavy (non-hydrogen) atoms. The van der Waals surface area contributed by atoms with Gasteiger partial charge in [0.15, 0.2) is 0 Å². The third-order valence-corrected chi connectivity index (χ3v) is 3.75. The number of anilines is 1. The van der Waals surface area contributed by atoms with E-state index < -0.39 is 0 Å². The van der Waals surface area contributed by atoms with Gasteiger partial charge in [0.25, 0.3) is 5.91 Å². The smallest absolute Gasteiger partial charge is 0.251 e. The monoisotopic (exact) mass is 374 g/mol. The SMILES string of the molecule is CC(C)C(=O)Nc1cccc(CNC(=O)c2cccc(Br)c2)c1. The molecular weight excluding hydrogens is 356 g/mol. The number of rotatable bonds is 5. The Morgan fingerprint density at radius 2 is 1.83 bits per heavy atom. The summed E-state index contributed by atoms with van der Waals surface area (Å²) in [4.78, 5) is 23.8. The molecule has 2 aromatic rings. The van der Waals surface area contributed by atoms with Crippen molar-refractivity contribution in [3.63, 3.8) is 0 Å². The Labute approximate surface area is 144 Å². The van der Waals surface area contributed by atoms with Gasteiger partial charge in [-0.25, -0.2) is 0 Å². The first kappa shape index (κ1) is 17.2. The standard InChI is InChI=1S/C18H19BrN2O2/c1-12(2)17(22)21-16-8-3-5-13(9-16)11-20-18(23)14-6-4-7-15(19)10-14/h3-10,12H,11H2,1-2H3,(H,20,23)(H,21,22). The summed E-state index contributed by atoms with van der Waals surface area (Å²) in [7, 11) is 0. The van der Waals surface area contributed by atoms with Gasteiger partial charge in [0.1, 0.15) is 0 Å². The van der Waals surface area contributed by atoms with Crippen LogP contribution in [0.5, 0.6) is 0 Å². The molecule has 0 spiro atoms. The number of hydrogen-bond donors (Lipinski definition) is 2. The maximum Gasteiger partial charge on any atom is 0.251 e. The Kier molecular flexibility index (Phi) is 5.93. The van der Waals surface area contributed by atoms with Crippen LogP contribution in [-0.2, 0) is 11.3 Å². The second kappa shape index (κ2) is 7.92. The molecule has 0 aliphatic rings. The van der Waals surface area contributed by atoms with Gasteiger partial charge >= 0.3 is 0 Å². The average Bonchev–Trinajstić information content (AvgIpc) is 2.53. The number of nitrogens with one attached hydrogen (secondary N) is 2. The van der Waals surface area contributed by atoms with Crippen LogP contribution in [-0.4, -0.2) is 11.8 Å². The number of halogens is 1. The lowest BCUT2D eigenvalue weighted by atomic mass is 10.1. The van der Waals surface area contributed by atoms with E-state index in [2.05, 4.69) is 26.6 Å². The molecule has 0 radical (unpaired) electrons. The fourth-order valence-electron chi connectivity index (χ4n) is 1.96. The van der Waals surface area contributed by atoms with E-state index in [0.717, 1.165) is 15.7 Å². The van der Waals surface area contributed by atoms with Crippen molar-refractivity contribution in [3.05, 3.63) is 64.1 Å². The van der Waals surface area contributed by atoms with Crippen LogP contribution in [0.3, 0.4) is 0 Å². The molecule has 0 heterocycles. The van der Waals surface area contributed by atoms with Crippen molar-refractivity contribution in [3.8, 4) is 0 Å². The highest BCUT2D eigenvalue weighted by molar-refractivity contribution is 9.10. The second-order valence-electron chi connectivity index (χ2n) is 5.54. The molecule has 0 aliphatic carbocycles. The summed E-state index contributed by atoms with van der Waals surface area (Å²) in [6.07, 6.45) is 0. The van der Waals surface area contributed by atoms with Crippen LogP contribution < -0.4 is 10.6 Å². The summed E-state index contributed by atoms with van der Waals surface area (Å²) in [5.41, 5.74) is 2.26. The third-order valence-electron chi connectivity index (χ3n) is 3.26. The zero-order valence-corrected chi connectivity index (χ0v) is 14.7. The second-order valence-corrected chi connectivity index (χ2v) is 6.45. The zero-order chi connectivity index (χ0) is 16.8. The molecule has 4 nitrogen and oxygen atoms in total. The summed E-state index contributed by atoms with van der Waals surface area (Å²) >= 11 is 3.35. The van der Waals surface area contributed by atoms with E-state index in [-0.39, 0.29) is 17.7 Å². The van der Waals surface area contributed by atoms with E-state index in [1.807, 2.05) is 50.2 Å². The first-order chi connectivity index (χ1) is 11.0. The van der Waals surface area contributed by atoms with Gasteiger partial charge in [-0.05, 0) is 35.9 Å². The van der Waals surface area contributed by atoms with Crippen molar-refractivity contribution >= 4 is 33.4 Å². The Balaban J connectivity index is 1.98. The number of hydrogen-bond acceptors (Lipinski definition) is 2. The quantitative estimate of drug-likeness (QED) is 0.831. The zero-order valence-electron chi connectivity index (χ0n) is 13.1. The molecule has 5 heteroatoms. The summed E-state index contributed by atoms with van der Waals surface area (Å²) in [5, 5.41) is 5.72. The lowest BCUT2D eigenvalue weighted by Gasteiger charge is -2.10. The van der Waals surface area contributed by atoms with Crippen LogP contribution in [0.15, 0.2) is 53.0 Å². The molecular formula is C18H19BrN2O2. The lowest BCUT2D eigenvalue weighted by Crippen LogP contribution is -2.23. The molecule has 0 unspecified atom stereocenters. The van der Waals surface area contributed by atoms with Gasteiger partial charge in [0, 0.05) is 28.2 Å². The Bertz CT molecular complexity index is 714. The van der Waals surface area contributed by atoms with Crippen LogP contribution >= 0.6 is 15.9 Å².